The molecular weight excluding hydrogens is 320 g/mol. The van der Waals surface area contributed by atoms with Gasteiger partial charge in [0.2, 0.25) is 0 Å². The van der Waals surface area contributed by atoms with Gasteiger partial charge in [0, 0.05) is 11.0 Å². The lowest BCUT2D eigenvalue weighted by atomic mass is 9.76. The first-order valence-electron chi connectivity index (χ1n) is 9.39. The predicted octanol–water partition coefficient (Wildman–Crippen LogP) is 6.13. The normalized spacial score (nSPS) is 15.9. The molecule has 1 aromatic carbocycles. The number of allylic oxidation sites excluding steroid dienone is 4. The van der Waals surface area contributed by atoms with Gasteiger partial charge in [-0.25, -0.2) is 0 Å². The van der Waals surface area contributed by atoms with Crippen molar-refractivity contribution in [3.63, 3.8) is 0 Å². The van der Waals surface area contributed by atoms with E-state index in [1.165, 1.54) is 27.5 Å². The average molecular weight is 357 g/mol. The van der Waals surface area contributed by atoms with Crippen LogP contribution in [0.2, 0.25) is 19.6 Å². The van der Waals surface area contributed by atoms with Crippen LogP contribution in [0.4, 0.5) is 0 Å². The van der Waals surface area contributed by atoms with Crippen LogP contribution < -0.4 is 9.92 Å². The monoisotopic (exact) mass is 356 g/mol. The summed E-state index contributed by atoms with van der Waals surface area (Å²) in [6.45, 7) is 21.0. The van der Waals surface area contributed by atoms with Gasteiger partial charge in [-0.3, -0.25) is 0 Å². The van der Waals surface area contributed by atoms with E-state index in [9.17, 15) is 0 Å². The summed E-state index contributed by atoms with van der Waals surface area (Å²) in [5.74, 6) is 1.10. The summed E-state index contributed by atoms with van der Waals surface area (Å²) in [4.78, 5) is 0. The Morgan fingerprint density at radius 3 is 2.04 bits per heavy atom. The number of hydrogen-bond acceptors (Lipinski definition) is 1. The maximum absolute atomic E-state index is 5.98. The van der Waals surface area contributed by atoms with Crippen molar-refractivity contribution in [2.45, 2.75) is 73.0 Å². The van der Waals surface area contributed by atoms with Crippen LogP contribution in [0.5, 0.6) is 5.75 Å². The largest absolute Gasteiger partial charge is 0.497 e. The van der Waals surface area contributed by atoms with E-state index in [0.29, 0.717) is 0 Å². The van der Waals surface area contributed by atoms with Crippen LogP contribution in [-0.4, -0.2) is 15.2 Å². The van der Waals surface area contributed by atoms with Crippen molar-refractivity contribution in [2.24, 2.45) is 5.41 Å². The number of methoxy groups -OCH3 is 1. The first-order valence-corrected chi connectivity index (χ1v) is 12.9. The summed E-state index contributed by atoms with van der Waals surface area (Å²) < 4.78 is 5.98. The fraction of sp³-hybridized carbons (Fsp3) is 0.565. The molecule has 1 nitrogen and oxygen atoms in total. The summed E-state index contributed by atoms with van der Waals surface area (Å²) in [5.41, 5.74) is 5.77. The van der Waals surface area contributed by atoms with E-state index < -0.39 is 8.07 Å². The summed E-state index contributed by atoms with van der Waals surface area (Å²) >= 11 is 0. The molecule has 138 valence electrons. The van der Waals surface area contributed by atoms with Gasteiger partial charge in [0.05, 0.1) is 15.2 Å². The van der Waals surface area contributed by atoms with Crippen molar-refractivity contribution in [1.82, 2.24) is 0 Å². The van der Waals surface area contributed by atoms with Crippen molar-refractivity contribution < 1.29 is 4.74 Å². The lowest BCUT2D eigenvalue weighted by Gasteiger charge is -2.32. The molecule has 0 bridgehead atoms. The average Bonchev–Trinajstić information content (AvgIpc) is 2.96. The highest BCUT2D eigenvalue weighted by molar-refractivity contribution is 6.89. The van der Waals surface area contributed by atoms with Crippen molar-refractivity contribution >= 4 is 13.3 Å². The Bertz CT molecular complexity index is 722. The maximum atomic E-state index is 5.98. The fourth-order valence-electron chi connectivity index (χ4n) is 3.65. The number of aryl methyl sites for hydroxylation is 1. The Labute approximate surface area is 156 Å². The topological polar surface area (TPSA) is 9.23 Å². The summed E-state index contributed by atoms with van der Waals surface area (Å²) in [6.07, 6.45) is 5.91. The first-order chi connectivity index (χ1) is 11.3. The zero-order valence-corrected chi connectivity index (χ0v) is 18.9. The van der Waals surface area contributed by atoms with Gasteiger partial charge in [0.15, 0.2) is 0 Å². The zero-order chi connectivity index (χ0) is 19.2. The minimum atomic E-state index is -1.48. The second-order valence-corrected chi connectivity index (χ2v) is 15.1. The van der Waals surface area contributed by atoms with E-state index in [1.807, 2.05) is 7.11 Å². The van der Waals surface area contributed by atoms with Crippen LogP contribution in [0.1, 0.15) is 52.2 Å². The Kier molecular flexibility index (Phi) is 5.18. The molecule has 0 radical (unpaired) electrons. The number of hydrogen-bond donors (Lipinski definition) is 0. The molecule has 0 amide bonds. The Balaban J connectivity index is 2.61. The molecule has 0 saturated carbocycles. The van der Waals surface area contributed by atoms with E-state index in [1.54, 1.807) is 0 Å². The summed E-state index contributed by atoms with van der Waals surface area (Å²) in [6, 6.07) is 4.66. The fourth-order valence-corrected chi connectivity index (χ4v) is 5.23. The third-order valence-corrected chi connectivity index (χ3v) is 7.46. The van der Waals surface area contributed by atoms with Crippen LogP contribution in [0.25, 0.3) is 0 Å². The van der Waals surface area contributed by atoms with Gasteiger partial charge < -0.3 is 4.74 Å². The Morgan fingerprint density at radius 2 is 1.60 bits per heavy atom. The van der Waals surface area contributed by atoms with Crippen LogP contribution in [0.15, 0.2) is 35.4 Å². The smallest absolute Gasteiger partial charge is 0.122 e. The van der Waals surface area contributed by atoms with Crippen molar-refractivity contribution in [3.05, 3.63) is 46.6 Å². The standard InChI is InChI=1S/C23H36OSi/c1-16-13-19(21(24-7)20(14-16)25(8,9)10)23(5,6)18-12-11-17(15-18)22(2,3)4/h12-15H,11H2,1-10H3. The van der Waals surface area contributed by atoms with Gasteiger partial charge in [0.25, 0.3) is 0 Å². The number of benzene rings is 1. The zero-order valence-electron chi connectivity index (χ0n) is 17.9. The SMILES string of the molecule is COc1c(C(C)(C)C2=CCC(C(C)(C)C)=C2)cc(C)cc1[Si](C)(C)C. The molecule has 0 atom stereocenters. The van der Waals surface area contributed by atoms with E-state index in [0.717, 1.165) is 12.2 Å². The highest BCUT2D eigenvalue weighted by Crippen LogP contribution is 2.44. The quantitative estimate of drug-likeness (QED) is 0.590. The van der Waals surface area contributed by atoms with E-state index >= 15 is 0 Å². The Hall–Kier alpha value is -1.28. The minimum absolute atomic E-state index is 0.0568. The summed E-state index contributed by atoms with van der Waals surface area (Å²) in [7, 11) is 0.343. The molecule has 1 aliphatic carbocycles. The highest BCUT2D eigenvalue weighted by Gasteiger charge is 2.34. The van der Waals surface area contributed by atoms with Gasteiger partial charge in [-0.15, -0.1) is 0 Å². The third-order valence-electron chi connectivity index (χ3n) is 5.48. The van der Waals surface area contributed by atoms with Gasteiger partial charge in [-0.05, 0) is 29.5 Å². The van der Waals surface area contributed by atoms with E-state index in [-0.39, 0.29) is 10.8 Å². The Morgan fingerprint density at radius 1 is 1.00 bits per heavy atom. The lowest BCUT2D eigenvalue weighted by molar-refractivity contribution is 0.404. The van der Waals surface area contributed by atoms with Crippen molar-refractivity contribution in [3.8, 4) is 5.75 Å². The van der Waals surface area contributed by atoms with Crippen molar-refractivity contribution in [2.75, 3.05) is 7.11 Å². The van der Waals surface area contributed by atoms with Crippen LogP contribution in [0.3, 0.4) is 0 Å². The maximum Gasteiger partial charge on any atom is 0.122 e. The van der Waals surface area contributed by atoms with Crippen molar-refractivity contribution in [1.29, 1.82) is 0 Å². The molecule has 0 aromatic heterocycles. The van der Waals surface area contributed by atoms with Gasteiger partial charge in [-0.2, -0.15) is 0 Å². The molecule has 0 saturated heterocycles. The van der Waals surface area contributed by atoms with Crippen LogP contribution in [-0.2, 0) is 5.41 Å². The predicted molar refractivity (Wildman–Crippen MR) is 114 cm³/mol. The van der Waals surface area contributed by atoms with Gasteiger partial charge >= 0.3 is 0 Å². The molecule has 2 rings (SSSR count). The highest BCUT2D eigenvalue weighted by atomic mass is 28.3. The molecule has 2 heteroatoms. The number of ether oxygens (including phenoxy) is 1. The molecule has 1 aromatic rings. The van der Waals surface area contributed by atoms with E-state index in [4.69, 9.17) is 4.74 Å². The minimum Gasteiger partial charge on any atom is -0.497 e. The second kappa shape index (κ2) is 6.46. The molecule has 25 heavy (non-hydrogen) atoms. The molecule has 0 spiro atoms. The molecule has 0 fully saturated rings. The van der Waals surface area contributed by atoms with Crippen LogP contribution >= 0.6 is 0 Å². The molecule has 1 aliphatic rings. The number of rotatable bonds is 4. The molecular formula is C23H36OSi. The molecule has 0 aliphatic heterocycles. The van der Waals surface area contributed by atoms with Gasteiger partial charge in [-0.1, -0.05) is 89.7 Å². The lowest BCUT2D eigenvalue weighted by Crippen LogP contribution is -2.40. The summed E-state index contributed by atoms with van der Waals surface area (Å²) in [5, 5.41) is 1.43. The molecule has 0 heterocycles. The third kappa shape index (κ3) is 3.94. The first kappa shape index (κ1) is 20.0. The molecule has 0 N–H and O–H groups in total. The molecule has 0 unspecified atom stereocenters. The van der Waals surface area contributed by atoms with Crippen LogP contribution in [0, 0.1) is 12.3 Å². The second-order valence-electron chi connectivity index (χ2n) is 10.1. The van der Waals surface area contributed by atoms with Gasteiger partial charge in [0.1, 0.15) is 5.75 Å². The van der Waals surface area contributed by atoms with E-state index in [2.05, 4.69) is 85.5 Å².